The zero-order valence-electron chi connectivity index (χ0n) is 13.4. The average molecular weight is 315 g/mol. The number of fused-ring (bicyclic) bond motifs is 1. The molecule has 3 nitrogen and oxygen atoms in total. The molecule has 2 aromatic rings. The molecule has 116 valence electrons. The Bertz CT molecular complexity index is 840. The second kappa shape index (κ2) is 5.13. The van der Waals surface area contributed by atoms with Crippen LogP contribution in [0, 0.1) is 20.8 Å². The summed E-state index contributed by atoms with van der Waals surface area (Å²) in [7, 11) is -3.54. The molecule has 1 atom stereocenters. The minimum atomic E-state index is -3.54. The van der Waals surface area contributed by atoms with E-state index in [9.17, 15) is 8.42 Å². The van der Waals surface area contributed by atoms with Gasteiger partial charge in [0.25, 0.3) is 10.0 Å². The van der Waals surface area contributed by atoms with Gasteiger partial charge in [0.1, 0.15) is 0 Å². The normalized spacial score (nSPS) is 17.6. The van der Waals surface area contributed by atoms with Gasteiger partial charge in [0.2, 0.25) is 0 Å². The van der Waals surface area contributed by atoms with Crippen LogP contribution in [0.4, 0.5) is 5.69 Å². The van der Waals surface area contributed by atoms with Crippen LogP contribution < -0.4 is 4.31 Å². The summed E-state index contributed by atoms with van der Waals surface area (Å²) in [6, 6.07) is 11.5. The number of hydrogen-bond acceptors (Lipinski definition) is 2. The molecule has 0 aliphatic carbocycles. The van der Waals surface area contributed by atoms with Crippen LogP contribution in [0.5, 0.6) is 0 Å². The lowest BCUT2D eigenvalue weighted by Gasteiger charge is -2.25. The first-order chi connectivity index (χ1) is 10.3. The average Bonchev–Trinajstić information content (AvgIpc) is 2.79. The molecule has 2 aromatic carbocycles. The molecule has 0 fully saturated rings. The van der Waals surface area contributed by atoms with Crippen LogP contribution in [-0.2, 0) is 16.4 Å². The number of para-hydroxylation sites is 1. The fourth-order valence-corrected chi connectivity index (χ4v) is 5.21. The van der Waals surface area contributed by atoms with E-state index in [1.165, 1.54) is 0 Å². The summed E-state index contributed by atoms with van der Waals surface area (Å²) in [5.74, 6) is 0. The number of nitrogens with zero attached hydrogens (tertiary/aromatic N) is 1. The molecule has 1 aliphatic heterocycles. The molecule has 0 spiro atoms. The van der Waals surface area contributed by atoms with E-state index in [0.717, 1.165) is 34.4 Å². The van der Waals surface area contributed by atoms with Gasteiger partial charge in [-0.1, -0.05) is 24.3 Å². The quantitative estimate of drug-likeness (QED) is 0.846. The van der Waals surface area contributed by atoms with Crippen molar-refractivity contribution in [1.29, 1.82) is 0 Å². The first-order valence-electron chi connectivity index (χ1n) is 7.52. The highest BCUT2D eigenvalue weighted by molar-refractivity contribution is 7.93. The highest BCUT2D eigenvalue weighted by Crippen LogP contribution is 2.37. The van der Waals surface area contributed by atoms with Crippen molar-refractivity contribution < 1.29 is 8.42 Å². The van der Waals surface area contributed by atoms with Gasteiger partial charge in [0.05, 0.1) is 10.6 Å². The molecule has 0 radical (unpaired) electrons. The molecule has 22 heavy (non-hydrogen) atoms. The second-order valence-electron chi connectivity index (χ2n) is 6.18. The van der Waals surface area contributed by atoms with Gasteiger partial charge in [-0.3, -0.25) is 4.31 Å². The number of sulfonamides is 1. The molecule has 4 heteroatoms. The summed E-state index contributed by atoms with van der Waals surface area (Å²) >= 11 is 0. The van der Waals surface area contributed by atoms with Gasteiger partial charge in [-0.05, 0) is 68.5 Å². The third-order valence-corrected chi connectivity index (χ3v) is 6.54. The van der Waals surface area contributed by atoms with Gasteiger partial charge >= 0.3 is 0 Å². The molecule has 1 heterocycles. The minimum Gasteiger partial charge on any atom is -0.263 e. The molecule has 0 N–H and O–H groups in total. The molecular formula is C18H21NO2S. The Morgan fingerprint density at radius 3 is 2.36 bits per heavy atom. The lowest BCUT2D eigenvalue weighted by atomic mass is 10.1. The molecule has 0 amide bonds. The zero-order chi connectivity index (χ0) is 16.1. The Labute approximate surface area is 132 Å². The van der Waals surface area contributed by atoms with Crippen LogP contribution in [0.1, 0.15) is 29.2 Å². The molecular weight excluding hydrogens is 294 g/mol. The summed E-state index contributed by atoms with van der Waals surface area (Å²) in [5.41, 5.74) is 4.84. The summed E-state index contributed by atoms with van der Waals surface area (Å²) < 4.78 is 28.0. The number of aryl methyl sites for hydroxylation is 3. The van der Waals surface area contributed by atoms with Crippen LogP contribution in [0.15, 0.2) is 41.3 Å². The SMILES string of the molecule is Cc1cc(C)c(S(=O)(=O)N2c3ccccc3C[C@H]2C)cc1C. The molecule has 0 saturated heterocycles. The number of anilines is 1. The molecule has 3 rings (SSSR count). The van der Waals surface area contributed by atoms with E-state index in [-0.39, 0.29) is 6.04 Å². The highest BCUT2D eigenvalue weighted by Gasteiger charge is 2.36. The van der Waals surface area contributed by atoms with E-state index in [2.05, 4.69) is 0 Å². The highest BCUT2D eigenvalue weighted by atomic mass is 32.2. The summed E-state index contributed by atoms with van der Waals surface area (Å²) in [6.07, 6.45) is 0.763. The van der Waals surface area contributed by atoms with Crippen LogP contribution in [0.3, 0.4) is 0 Å². The van der Waals surface area contributed by atoms with Crippen molar-refractivity contribution in [3.8, 4) is 0 Å². The van der Waals surface area contributed by atoms with E-state index in [4.69, 9.17) is 0 Å². The standard InChI is InChI=1S/C18H21NO2S/c1-12-9-14(3)18(10-13(12)2)22(20,21)19-15(4)11-16-7-5-6-8-17(16)19/h5-10,15H,11H2,1-4H3/t15-/m1/s1. The van der Waals surface area contributed by atoms with E-state index in [0.29, 0.717) is 4.90 Å². The third kappa shape index (κ3) is 2.22. The van der Waals surface area contributed by atoms with Crippen molar-refractivity contribution in [1.82, 2.24) is 0 Å². The topological polar surface area (TPSA) is 37.4 Å². The Hall–Kier alpha value is -1.81. The van der Waals surface area contributed by atoms with Gasteiger partial charge in [-0.25, -0.2) is 8.42 Å². The van der Waals surface area contributed by atoms with Gasteiger partial charge in [-0.2, -0.15) is 0 Å². The van der Waals surface area contributed by atoms with E-state index < -0.39 is 10.0 Å². The minimum absolute atomic E-state index is 0.0524. The first-order valence-corrected chi connectivity index (χ1v) is 8.96. The first kappa shape index (κ1) is 15.1. The van der Waals surface area contributed by atoms with Crippen LogP contribution in [0.25, 0.3) is 0 Å². The Balaban J connectivity index is 2.17. The lowest BCUT2D eigenvalue weighted by Crippen LogP contribution is -2.36. The fourth-order valence-electron chi connectivity index (χ4n) is 3.22. The Morgan fingerprint density at radius 1 is 1.00 bits per heavy atom. The van der Waals surface area contributed by atoms with Gasteiger partial charge < -0.3 is 0 Å². The van der Waals surface area contributed by atoms with Crippen molar-refractivity contribution in [2.45, 2.75) is 45.1 Å². The second-order valence-corrected chi connectivity index (χ2v) is 7.97. The summed E-state index contributed by atoms with van der Waals surface area (Å²) in [5, 5.41) is 0. The molecule has 0 aromatic heterocycles. The largest absolute Gasteiger partial charge is 0.264 e. The zero-order valence-corrected chi connectivity index (χ0v) is 14.2. The summed E-state index contributed by atoms with van der Waals surface area (Å²) in [6.45, 7) is 7.79. The van der Waals surface area contributed by atoms with Gasteiger partial charge in [0.15, 0.2) is 0 Å². The third-order valence-electron chi connectivity index (χ3n) is 4.47. The molecule has 0 bridgehead atoms. The smallest absolute Gasteiger partial charge is 0.263 e. The van der Waals surface area contributed by atoms with Crippen LogP contribution in [0.2, 0.25) is 0 Å². The predicted octanol–water partition coefficient (Wildman–Crippen LogP) is 3.75. The maximum absolute atomic E-state index is 13.2. The van der Waals surface area contributed by atoms with Crippen molar-refractivity contribution in [3.05, 3.63) is 58.7 Å². The fraction of sp³-hybridized carbons (Fsp3) is 0.333. The van der Waals surface area contributed by atoms with Crippen molar-refractivity contribution in [3.63, 3.8) is 0 Å². The van der Waals surface area contributed by atoms with Crippen molar-refractivity contribution in [2.24, 2.45) is 0 Å². The Morgan fingerprint density at radius 2 is 1.64 bits per heavy atom. The molecule has 0 unspecified atom stereocenters. The number of hydrogen-bond donors (Lipinski definition) is 0. The Kier molecular flexibility index (Phi) is 3.52. The van der Waals surface area contributed by atoms with Gasteiger partial charge in [0, 0.05) is 6.04 Å². The van der Waals surface area contributed by atoms with E-state index >= 15 is 0 Å². The van der Waals surface area contributed by atoms with E-state index in [1.807, 2.05) is 58.0 Å². The monoisotopic (exact) mass is 315 g/mol. The molecule has 0 saturated carbocycles. The van der Waals surface area contributed by atoms with Crippen molar-refractivity contribution >= 4 is 15.7 Å². The number of benzene rings is 2. The predicted molar refractivity (Wildman–Crippen MR) is 89.9 cm³/mol. The lowest BCUT2D eigenvalue weighted by molar-refractivity contribution is 0.583. The van der Waals surface area contributed by atoms with Crippen molar-refractivity contribution in [2.75, 3.05) is 4.31 Å². The van der Waals surface area contributed by atoms with Crippen LogP contribution in [-0.4, -0.2) is 14.5 Å². The summed E-state index contributed by atoms with van der Waals surface area (Å²) in [4.78, 5) is 0.416. The van der Waals surface area contributed by atoms with E-state index in [1.54, 1.807) is 10.4 Å². The van der Waals surface area contributed by atoms with Gasteiger partial charge in [-0.15, -0.1) is 0 Å². The van der Waals surface area contributed by atoms with Crippen LogP contribution >= 0.6 is 0 Å². The number of rotatable bonds is 2. The maximum atomic E-state index is 13.2. The molecule has 1 aliphatic rings. The maximum Gasteiger partial charge on any atom is 0.264 e.